The molecule has 1 aromatic rings. The summed E-state index contributed by atoms with van der Waals surface area (Å²) in [5.41, 5.74) is -3.50. The minimum atomic E-state index is -4.36. The Hall–Kier alpha value is -0.680. The second-order valence-corrected chi connectivity index (χ2v) is 5.30. The first-order chi connectivity index (χ1) is 7.70. The van der Waals surface area contributed by atoms with E-state index in [1.807, 2.05) is 0 Å². The molecule has 0 aromatic heterocycles. The van der Waals surface area contributed by atoms with Gasteiger partial charge in [-0.15, -0.1) is 11.6 Å². The molecule has 6 heteroatoms. The molecule has 94 valence electrons. The maximum absolute atomic E-state index is 12.2. The molecule has 1 nitrogen and oxygen atoms in total. The summed E-state index contributed by atoms with van der Waals surface area (Å²) < 4.78 is 36.6. The third-order valence-corrected chi connectivity index (χ3v) is 2.99. The van der Waals surface area contributed by atoms with Crippen molar-refractivity contribution in [3.05, 3.63) is 29.3 Å². The monoisotopic (exact) mass is 282 g/mol. The molecule has 1 aromatic carbocycles. The molecule has 0 heterocycles. The molecule has 17 heavy (non-hydrogen) atoms. The van der Waals surface area contributed by atoms with Crippen molar-refractivity contribution in [3.63, 3.8) is 0 Å². The van der Waals surface area contributed by atoms with E-state index >= 15 is 0 Å². The van der Waals surface area contributed by atoms with Gasteiger partial charge < -0.3 is 0 Å². The average Bonchev–Trinajstić information content (AvgIpc) is 2.17. The van der Waals surface area contributed by atoms with Crippen LogP contribution < -0.4 is 0 Å². The fraction of sp³-hybridized carbons (Fsp3) is 0.364. The van der Waals surface area contributed by atoms with Crippen LogP contribution in [0, 0.1) is 6.92 Å². The Morgan fingerprint density at radius 2 is 2.00 bits per heavy atom. The van der Waals surface area contributed by atoms with Crippen LogP contribution in [0.15, 0.2) is 23.1 Å². The van der Waals surface area contributed by atoms with Crippen LogP contribution >= 0.6 is 23.4 Å². The first-order valence-electron chi connectivity index (χ1n) is 4.75. The van der Waals surface area contributed by atoms with Crippen molar-refractivity contribution in [3.8, 4) is 0 Å². The SMILES string of the molecule is Cc1ccc(SC(F)(F)F)cc1C(=O)C(C)Cl. The van der Waals surface area contributed by atoms with Crippen LogP contribution in [0.5, 0.6) is 0 Å². The molecule has 0 spiro atoms. The van der Waals surface area contributed by atoms with E-state index in [0.29, 0.717) is 5.56 Å². The smallest absolute Gasteiger partial charge is 0.293 e. The number of alkyl halides is 4. The van der Waals surface area contributed by atoms with Crippen LogP contribution in [0.3, 0.4) is 0 Å². The molecule has 0 radical (unpaired) electrons. The standard InChI is InChI=1S/C11H10ClF3OS/c1-6-3-4-8(17-11(13,14)15)5-9(6)10(16)7(2)12/h3-5,7H,1-2H3. The molecule has 0 aliphatic rings. The quantitative estimate of drug-likeness (QED) is 0.464. The van der Waals surface area contributed by atoms with Gasteiger partial charge in [-0.2, -0.15) is 13.2 Å². The van der Waals surface area contributed by atoms with E-state index in [1.54, 1.807) is 6.92 Å². The van der Waals surface area contributed by atoms with Gasteiger partial charge in [0.1, 0.15) is 0 Å². The van der Waals surface area contributed by atoms with Gasteiger partial charge in [0.25, 0.3) is 0 Å². The number of halogens is 4. The number of aryl methyl sites for hydroxylation is 1. The molecule has 0 saturated carbocycles. The zero-order valence-electron chi connectivity index (χ0n) is 9.14. The molecular weight excluding hydrogens is 273 g/mol. The number of carbonyl (C=O) groups excluding carboxylic acids is 1. The molecule has 0 saturated heterocycles. The summed E-state index contributed by atoms with van der Waals surface area (Å²) in [4.78, 5) is 11.7. The largest absolute Gasteiger partial charge is 0.446 e. The Morgan fingerprint density at radius 3 is 2.47 bits per heavy atom. The first-order valence-corrected chi connectivity index (χ1v) is 6.00. The molecule has 0 N–H and O–H groups in total. The number of benzene rings is 1. The van der Waals surface area contributed by atoms with Crippen molar-refractivity contribution in [2.45, 2.75) is 29.6 Å². The van der Waals surface area contributed by atoms with Gasteiger partial charge in [0.2, 0.25) is 0 Å². The maximum atomic E-state index is 12.2. The summed E-state index contributed by atoms with van der Waals surface area (Å²) in [6.07, 6.45) is 0. The highest BCUT2D eigenvalue weighted by Gasteiger charge is 2.29. The Kier molecular flexibility index (Phi) is 4.49. The van der Waals surface area contributed by atoms with Gasteiger partial charge in [-0.1, -0.05) is 6.07 Å². The lowest BCUT2D eigenvalue weighted by molar-refractivity contribution is -0.0328. The molecule has 1 unspecified atom stereocenters. The molecule has 0 fully saturated rings. The Labute approximate surface area is 106 Å². The van der Waals surface area contributed by atoms with Crippen LogP contribution in [0.2, 0.25) is 0 Å². The lowest BCUT2D eigenvalue weighted by Crippen LogP contribution is -2.12. The summed E-state index contributed by atoms with van der Waals surface area (Å²) in [6, 6.07) is 4.05. The maximum Gasteiger partial charge on any atom is 0.446 e. The number of hydrogen-bond donors (Lipinski definition) is 0. The van der Waals surface area contributed by atoms with Crippen molar-refractivity contribution in [2.24, 2.45) is 0 Å². The summed E-state index contributed by atoms with van der Waals surface area (Å²) in [5, 5.41) is -0.750. The van der Waals surface area contributed by atoms with Gasteiger partial charge in [0, 0.05) is 10.5 Å². The number of Topliss-reactive ketones (excluding diaryl/α,β-unsaturated/α-hetero) is 1. The fourth-order valence-corrected chi connectivity index (χ4v) is 1.98. The minimum absolute atomic E-state index is 0.0104. The summed E-state index contributed by atoms with van der Waals surface area (Å²) >= 11 is 5.40. The molecular formula is C11H10ClF3OS. The Bertz CT molecular complexity index is 429. The van der Waals surface area contributed by atoms with E-state index in [2.05, 4.69) is 0 Å². The third-order valence-electron chi connectivity index (χ3n) is 2.07. The van der Waals surface area contributed by atoms with Gasteiger partial charge in [-0.3, -0.25) is 4.79 Å². The van der Waals surface area contributed by atoms with Crippen molar-refractivity contribution < 1.29 is 18.0 Å². The first kappa shape index (κ1) is 14.4. The highest BCUT2D eigenvalue weighted by Crippen LogP contribution is 2.37. The van der Waals surface area contributed by atoms with E-state index in [9.17, 15) is 18.0 Å². The summed E-state index contributed by atoms with van der Waals surface area (Å²) in [5.74, 6) is -0.367. The van der Waals surface area contributed by atoms with Gasteiger partial charge in [-0.25, -0.2) is 0 Å². The van der Waals surface area contributed by atoms with E-state index in [1.165, 1.54) is 25.1 Å². The van der Waals surface area contributed by atoms with Crippen LogP contribution in [0.25, 0.3) is 0 Å². The van der Waals surface area contributed by atoms with Gasteiger partial charge in [0.15, 0.2) is 5.78 Å². The third kappa shape index (κ3) is 4.24. The van der Waals surface area contributed by atoms with Crippen molar-refractivity contribution in [2.75, 3.05) is 0 Å². The molecule has 0 amide bonds. The number of ketones is 1. The molecule has 0 aliphatic carbocycles. The van der Waals surface area contributed by atoms with Gasteiger partial charge in [0.05, 0.1) is 5.38 Å². The van der Waals surface area contributed by atoms with Crippen LogP contribution in [-0.2, 0) is 0 Å². The van der Waals surface area contributed by atoms with Gasteiger partial charge >= 0.3 is 5.51 Å². The lowest BCUT2D eigenvalue weighted by Gasteiger charge is -2.10. The normalized spacial score (nSPS) is 13.5. The number of carbonyl (C=O) groups is 1. The molecule has 0 aliphatic heterocycles. The highest BCUT2D eigenvalue weighted by molar-refractivity contribution is 8.00. The summed E-state index contributed by atoms with van der Waals surface area (Å²) in [7, 11) is 0. The zero-order chi connectivity index (χ0) is 13.2. The number of hydrogen-bond acceptors (Lipinski definition) is 2. The summed E-state index contributed by atoms with van der Waals surface area (Å²) in [6.45, 7) is 3.15. The number of thioether (sulfide) groups is 1. The van der Waals surface area contributed by atoms with E-state index in [0.717, 1.165) is 0 Å². The molecule has 1 atom stereocenters. The zero-order valence-corrected chi connectivity index (χ0v) is 10.7. The Balaban J connectivity index is 3.07. The fourth-order valence-electron chi connectivity index (χ4n) is 1.28. The second-order valence-electron chi connectivity index (χ2n) is 3.50. The van der Waals surface area contributed by atoms with Crippen molar-refractivity contribution >= 4 is 29.1 Å². The predicted molar refractivity (Wildman–Crippen MR) is 62.7 cm³/mol. The second kappa shape index (κ2) is 5.31. The van der Waals surface area contributed by atoms with E-state index < -0.39 is 10.9 Å². The van der Waals surface area contributed by atoms with Gasteiger partial charge in [-0.05, 0) is 43.3 Å². The Morgan fingerprint density at radius 1 is 1.41 bits per heavy atom. The topological polar surface area (TPSA) is 17.1 Å². The lowest BCUT2D eigenvalue weighted by atomic mass is 10.0. The number of rotatable bonds is 3. The molecule has 1 rings (SSSR count). The predicted octanol–water partition coefficient (Wildman–Crippen LogP) is 4.42. The highest BCUT2D eigenvalue weighted by atomic mass is 35.5. The van der Waals surface area contributed by atoms with E-state index in [4.69, 9.17) is 11.6 Å². The van der Waals surface area contributed by atoms with Crippen LogP contribution in [0.1, 0.15) is 22.8 Å². The van der Waals surface area contributed by atoms with Crippen LogP contribution in [0.4, 0.5) is 13.2 Å². The van der Waals surface area contributed by atoms with Crippen molar-refractivity contribution in [1.29, 1.82) is 0 Å². The van der Waals surface area contributed by atoms with Crippen LogP contribution in [-0.4, -0.2) is 16.7 Å². The minimum Gasteiger partial charge on any atom is -0.293 e. The average molecular weight is 283 g/mol. The van der Waals surface area contributed by atoms with Crippen molar-refractivity contribution in [1.82, 2.24) is 0 Å². The molecule has 0 bridgehead atoms. The van der Waals surface area contributed by atoms with E-state index in [-0.39, 0.29) is 28.0 Å².